The van der Waals surface area contributed by atoms with E-state index < -0.39 is 29.1 Å². The van der Waals surface area contributed by atoms with Crippen LogP contribution >= 0.6 is 11.8 Å². The summed E-state index contributed by atoms with van der Waals surface area (Å²) >= 11 is 0.204. The van der Waals surface area contributed by atoms with E-state index in [4.69, 9.17) is 5.73 Å². The van der Waals surface area contributed by atoms with Crippen LogP contribution in [-0.4, -0.2) is 17.5 Å². The van der Waals surface area contributed by atoms with Crippen molar-refractivity contribution in [3.05, 3.63) is 29.8 Å². The summed E-state index contributed by atoms with van der Waals surface area (Å²) in [4.78, 5) is -0.388. The molecule has 102 valence electrons. The second-order valence-electron chi connectivity index (χ2n) is 3.73. The fraction of sp³-hybridized carbons (Fsp3) is 0.455. The van der Waals surface area contributed by atoms with Crippen molar-refractivity contribution in [2.45, 2.75) is 35.7 Å². The van der Waals surface area contributed by atoms with Crippen molar-refractivity contribution in [1.82, 2.24) is 0 Å². The highest BCUT2D eigenvalue weighted by Gasteiger charge is 2.44. The monoisotopic (exact) mass is 285 g/mol. The van der Waals surface area contributed by atoms with Crippen molar-refractivity contribution < 1.29 is 22.0 Å². The SMILES string of the molecule is CCC(N)C(Sc1cc(F)ccc1F)C(F)(F)F. The van der Waals surface area contributed by atoms with E-state index in [2.05, 4.69) is 0 Å². The normalized spacial score (nSPS) is 15.5. The summed E-state index contributed by atoms with van der Waals surface area (Å²) in [6.45, 7) is 1.51. The molecule has 0 radical (unpaired) electrons. The lowest BCUT2D eigenvalue weighted by atomic mass is 10.1. The molecule has 2 atom stereocenters. The molecule has 7 heteroatoms. The summed E-state index contributed by atoms with van der Waals surface area (Å²) in [6.07, 6.45) is -4.48. The second kappa shape index (κ2) is 5.88. The van der Waals surface area contributed by atoms with Crippen LogP contribution in [0.25, 0.3) is 0 Å². The van der Waals surface area contributed by atoms with Crippen molar-refractivity contribution in [2.24, 2.45) is 5.73 Å². The Hall–Kier alpha value is -0.820. The molecule has 0 aliphatic rings. The molecule has 0 saturated heterocycles. The third-order valence-corrected chi connectivity index (χ3v) is 3.77. The molecule has 2 unspecified atom stereocenters. The lowest BCUT2D eigenvalue weighted by Gasteiger charge is -2.25. The van der Waals surface area contributed by atoms with E-state index in [-0.39, 0.29) is 23.1 Å². The minimum atomic E-state index is -4.57. The Morgan fingerprint density at radius 3 is 2.39 bits per heavy atom. The minimum Gasteiger partial charge on any atom is -0.326 e. The van der Waals surface area contributed by atoms with Gasteiger partial charge in [0.05, 0.1) is 0 Å². The van der Waals surface area contributed by atoms with Gasteiger partial charge in [-0.2, -0.15) is 13.2 Å². The van der Waals surface area contributed by atoms with Crippen LogP contribution in [-0.2, 0) is 0 Å². The van der Waals surface area contributed by atoms with Gasteiger partial charge >= 0.3 is 6.18 Å². The highest BCUT2D eigenvalue weighted by atomic mass is 32.2. The van der Waals surface area contributed by atoms with Gasteiger partial charge in [0.1, 0.15) is 16.9 Å². The lowest BCUT2D eigenvalue weighted by Crippen LogP contribution is -2.42. The molecule has 0 aliphatic carbocycles. The standard InChI is InChI=1S/C11H12F5NS/c1-2-8(17)10(11(14,15)16)18-9-5-6(12)3-4-7(9)13/h3-5,8,10H,2,17H2,1H3. The number of halogens is 5. The Kier molecular flexibility index (Phi) is 4.98. The second-order valence-corrected chi connectivity index (χ2v) is 4.91. The Bertz CT molecular complexity index is 407. The molecule has 18 heavy (non-hydrogen) atoms. The van der Waals surface area contributed by atoms with Crippen LogP contribution in [0, 0.1) is 11.6 Å². The Morgan fingerprint density at radius 1 is 1.28 bits per heavy atom. The number of benzene rings is 1. The zero-order valence-corrected chi connectivity index (χ0v) is 10.3. The smallest absolute Gasteiger partial charge is 0.326 e. The average Bonchev–Trinajstić information content (AvgIpc) is 2.27. The first-order chi connectivity index (χ1) is 8.25. The van der Waals surface area contributed by atoms with Gasteiger partial charge in [0.2, 0.25) is 0 Å². The maximum atomic E-state index is 13.3. The lowest BCUT2D eigenvalue weighted by molar-refractivity contribution is -0.132. The largest absolute Gasteiger partial charge is 0.402 e. The minimum absolute atomic E-state index is 0.0914. The van der Waals surface area contributed by atoms with Crippen molar-refractivity contribution in [3.8, 4) is 0 Å². The molecule has 1 aromatic rings. The van der Waals surface area contributed by atoms with E-state index in [1.807, 2.05) is 0 Å². The number of alkyl halides is 3. The molecule has 0 spiro atoms. The van der Waals surface area contributed by atoms with E-state index in [1.165, 1.54) is 6.92 Å². The third kappa shape index (κ3) is 3.84. The highest BCUT2D eigenvalue weighted by molar-refractivity contribution is 8.00. The van der Waals surface area contributed by atoms with Crippen molar-refractivity contribution in [3.63, 3.8) is 0 Å². The highest BCUT2D eigenvalue weighted by Crippen LogP contribution is 2.38. The Morgan fingerprint density at radius 2 is 1.89 bits per heavy atom. The van der Waals surface area contributed by atoms with E-state index in [0.717, 1.165) is 18.2 Å². The number of thioether (sulfide) groups is 1. The van der Waals surface area contributed by atoms with E-state index in [9.17, 15) is 22.0 Å². The quantitative estimate of drug-likeness (QED) is 0.674. The van der Waals surface area contributed by atoms with Gasteiger partial charge in [-0.05, 0) is 24.6 Å². The van der Waals surface area contributed by atoms with Crippen LogP contribution < -0.4 is 5.73 Å². The molecule has 1 nitrogen and oxygen atoms in total. The van der Waals surface area contributed by atoms with Gasteiger partial charge < -0.3 is 5.73 Å². The molecule has 1 rings (SSSR count). The number of nitrogens with two attached hydrogens (primary N) is 1. The summed E-state index contributed by atoms with van der Waals surface area (Å²) in [5, 5.41) is -1.96. The first kappa shape index (κ1) is 15.2. The topological polar surface area (TPSA) is 26.0 Å². The van der Waals surface area contributed by atoms with Gasteiger partial charge in [-0.25, -0.2) is 8.78 Å². The molecule has 0 fully saturated rings. The predicted octanol–water partition coefficient (Wildman–Crippen LogP) is 3.73. The zero-order chi connectivity index (χ0) is 13.9. The average molecular weight is 285 g/mol. The van der Waals surface area contributed by atoms with Crippen molar-refractivity contribution >= 4 is 11.8 Å². The molecule has 0 amide bonds. The van der Waals surface area contributed by atoms with Crippen LogP contribution in [0.4, 0.5) is 22.0 Å². The van der Waals surface area contributed by atoms with Gasteiger partial charge in [-0.1, -0.05) is 6.92 Å². The van der Waals surface area contributed by atoms with Gasteiger partial charge in [-0.15, -0.1) is 11.8 Å². The van der Waals surface area contributed by atoms with E-state index >= 15 is 0 Å². The number of hydrogen-bond donors (Lipinski definition) is 1. The molecule has 0 aromatic heterocycles. The molecule has 1 aromatic carbocycles. The molecule has 0 saturated carbocycles. The Labute approximate surface area is 106 Å². The third-order valence-electron chi connectivity index (χ3n) is 2.33. The summed E-state index contributed by atoms with van der Waals surface area (Å²) in [5.41, 5.74) is 5.38. The first-order valence-corrected chi connectivity index (χ1v) is 6.07. The van der Waals surface area contributed by atoms with Crippen LogP contribution in [0.3, 0.4) is 0 Å². The maximum absolute atomic E-state index is 13.3. The van der Waals surface area contributed by atoms with E-state index in [0.29, 0.717) is 0 Å². The van der Waals surface area contributed by atoms with Crippen LogP contribution in [0.5, 0.6) is 0 Å². The molecule has 2 N–H and O–H groups in total. The fourth-order valence-electron chi connectivity index (χ4n) is 1.32. The molecule has 0 heterocycles. The predicted molar refractivity (Wildman–Crippen MR) is 60.3 cm³/mol. The van der Waals surface area contributed by atoms with Crippen LogP contribution in [0.2, 0.25) is 0 Å². The summed E-state index contributed by atoms with van der Waals surface area (Å²) in [6, 6.07) is 1.21. The first-order valence-electron chi connectivity index (χ1n) is 5.19. The molecule has 0 bridgehead atoms. The number of hydrogen-bond acceptors (Lipinski definition) is 2. The summed E-state index contributed by atoms with van der Waals surface area (Å²) in [5.74, 6) is -1.68. The van der Waals surface area contributed by atoms with Crippen molar-refractivity contribution in [2.75, 3.05) is 0 Å². The van der Waals surface area contributed by atoms with Crippen LogP contribution in [0.1, 0.15) is 13.3 Å². The maximum Gasteiger partial charge on any atom is 0.402 e. The van der Waals surface area contributed by atoms with Gasteiger partial charge in [0.15, 0.2) is 0 Å². The van der Waals surface area contributed by atoms with E-state index in [1.54, 1.807) is 0 Å². The summed E-state index contributed by atoms with van der Waals surface area (Å²) in [7, 11) is 0. The van der Waals surface area contributed by atoms with Crippen LogP contribution in [0.15, 0.2) is 23.1 Å². The van der Waals surface area contributed by atoms with Gasteiger partial charge in [-0.3, -0.25) is 0 Å². The van der Waals surface area contributed by atoms with Gasteiger partial charge in [0.25, 0.3) is 0 Å². The zero-order valence-electron chi connectivity index (χ0n) is 9.47. The molecular formula is C11H12F5NS. The van der Waals surface area contributed by atoms with Crippen molar-refractivity contribution in [1.29, 1.82) is 0 Å². The van der Waals surface area contributed by atoms with Gasteiger partial charge in [0, 0.05) is 10.9 Å². The number of rotatable bonds is 4. The fourth-order valence-corrected chi connectivity index (χ4v) is 2.45. The molecule has 0 aliphatic heterocycles. The summed E-state index contributed by atoms with van der Waals surface area (Å²) < 4.78 is 64.4. The Balaban J connectivity index is 3.00. The molecular weight excluding hydrogens is 273 g/mol.